The molecule has 1 saturated carbocycles. The van der Waals surface area contributed by atoms with Crippen molar-refractivity contribution in [3.05, 3.63) is 76.2 Å². The number of aryl methyl sites for hydroxylation is 1. The van der Waals surface area contributed by atoms with E-state index < -0.39 is 0 Å². The summed E-state index contributed by atoms with van der Waals surface area (Å²) in [6.07, 6.45) is 5.49. The number of benzene rings is 1. The van der Waals surface area contributed by atoms with Crippen LogP contribution in [0.15, 0.2) is 70.1 Å². The normalized spacial score (nSPS) is 24.0. The van der Waals surface area contributed by atoms with Gasteiger partial charge < -0.3 is 10.0 Å². The highest BCUT2D eigenvalue weighted by Crippen LogP contribution is 2.45. The molecule has 0 bridgehead atoms. The lowest BCUT2D eigenvalue weighted by molar-refractivity contribution is -0.113. The molecule has 4 nitrogen and oxygen atoms in total. The van der Waals surface area contributed by atoms with Crippen molar-refractivity contribution in [2.75, 3.05) is 20.1 Å². The van der Waals surface area contributed by atoms with Crippen molar-refractivity contribution in [3.63, 3.8) is 0 Å². The van der Waals surface area contributed by atoms with Gasteiger partial charge in [0.2, 0.25) is 0 Å². The third-order valence-electron chi connectivity index (χ3n) is 5.59. The molecule has 0 atom stereocenters. The molecule has 2 aliphatic rings. The van der Waals surface area contributed by atoms with Gasteiger partial charge in [-0.05, 0) is 67.9 Å². The average molecular weight is 391 g/mol. The smallest absolute Gasteiger partial charge is 0.165 e. The first-order chi connectivity index (χ1) is 13.8. The molecule has 0 saturated heterocycles. The second kappa shape index (κ2) is 8.64. The highest BCUT2D eigenvalue weighted by molar-refractivity contribution is 6.13. The summed E-state index contributed by atoms with van der Waals surface area (Å²) in [6.45, 7) is 11.3. The summed E-state index contributed by atoms with van der Waals surface area (Å²) in [4.78, 5) is 18.5. The molecule has 0 aromatic heterocycles. The molecule has 1 aliphatic carbocycles. The number of aliphatic hydroxyl groups is 1. The summed E-state index contributed by atoms with van der Waals surface area (Å²) in [6, 6.07) is 8.35. The fourth-order valence-electron chi connectivity index (χ4n) is 3.79. The van der Waals surface area contributed by atoms with Gasteiger partial charge in [-0.3, -0.25) is 9.79 Å². The first kappa shape index (κ1) is 20.8. The zero-order chi connectivity index (χ0) is 21.1. The number of aliphatic imine (C=N–C) groups is 1. The van der Waals surface area contributed by atoms with Crippen LogP contribution in [0, 0.1) is 12.8 Å². The van der Waals surface area contributed by atoms with Crippen LogP contribution in [-0.2, 0) is 4.79 Å². The van der Waals surface area contributed by atoms with E-state index in [0.717, 1.165) is 40.8 Å². The molecular formula is C25H30N2O2. The molecule has 29 heavy (non-hydrogen) atoms. The van der Waals surface area contributed by atoms with Crippen LogP contribution >= 0.6 is 0 Å². The van der Waals surface area contributed by atoms with Crippen molar-refractivity contribution >= 4 is 17.6 Å². The molecule has 1 aromatic carbocycles. The lowest BCUT2D eigenvalue weighted by Crippen LogP contribution is -2.24. The Balaban J connectivity index is 2.29. The molecule has 152 valence electrons. The number of ketones is 1. The zero-order valence-electron chi connectivity index (χ0n) is 17.8. The van der Waals surface area contributed by atoms with Crippen LogP contribution < -0.4 is 0 Å². The predicted octanol–water partition coefficient (Wildman–Crippen LogP) is 5.04. The Morgan fingerprint density at radius 2 is 1.93 bits per heavy atom. The van der Waals surface area contributed by atoms with Crippen molar-refractivity contribution < 1.29 is 9.90 Å². The van der Waals surface area contributed by atoms with Crippen molar-refractivity contribution in [2.24, 2.45) is 10.9 Å². The Bertz CT molecular complexity index is 959. The molecule has 0 unspecified atom stereocenters. The SMILES string of the molecule is C=C(/C(=C1/C(C)=C/C(O)=C(/C(C)=O)C=NCCN1C)c1ccccc1C)C1CC1. The fraction of sp³-hybridized carbons (Fsp3) is 0.360. The first-order valence-electron chi connectivity index (χ1n) is 10.1. The summed E-state index contributed by atoms with van der Waals surface area (Å²) in [5.74, 6) is 0.257. The average Bonchev–Trinajstić information content (AvgIpc) is 3.50. The summed E-state index contributed by atoms with van der Waals surface area (Å²) >= 11 is 0. The molecule has 0 radical (unpaired) electrons. The number of rotatable bonds is 4. The topological polar surface area (TPSA) is 52.9 Å². The number of carbonyl (C=O) groups excluding carboxylic acids is 1. The Labute approximate surface area is 173 Å². The fourth-order valence-corrected chi connectivity index (χ4v) is 3.79. The van der Waals surface area contributed by atoms with E-state index in [9.17, 15) is 9.90 Å². The van der Waals surface area contributed by atoms with Gasteiger partial charge in [-0.1, -0.05) is 30.8 Å². The second-order valence-electron chi connectivity index (χ2n) is 7.98. The summed E-state index contributed by atoms with van der Waals surface area (Å²) in [5.41, 5.74) is 6.80. The molecule has 1 aliphatic heterocycles. The standard InChI is InChI=1S/C25H30N2O2/c1-16-8-6-7-9-21(16)24(18(3)20-10-11-20)25-17(2)14-23(29)22(19(4)28)15-26-12-13-27(25)5/h6-9,14-15,20,29H,3,10-13H2,1-2,4-5H3/b17-14+,23-22-,25-24+,26-15?. The van der Waals surface area contributed by atoms with Crippen molar-refractivity contribution in [3.8, 4) is 0 Å². The van der Waals surface area contributed by atoms with E-state index in [1.54, 1.807) is 6.08 Å². The number of hydrogen-bond donors (Lipinski definition) is 1. The van der Waals surface area contributed by atoms with Crippen molar-refractivity contribution in [1.29, 1.82) is 0 Å². The quantitative estimate of drug-likeness (QED) is 0.784. The number of hydrogen-bond acceptors (Lipinski definition) is 4. The van der Waals surface area contributed by atoms with Gasteiger partial charge in [0.15, 0.2) is 5.78 Å². The van der Waals surface area contributed by atoms with E-state index in [4.69, 9.17) is 0 Å². The van der Waals surface area contributed by atoms with Crippen molar-refractivity contribution in [1.82, 2.24) is 4.90 Å². The highest BCUT2D eigenvalue weighted by Gasteiger charge is 2.30. The number of allylic oxidation sites excluding steroid dienone is 5. The van der Waals surface area contributed by atoms with Crippen LogP contribution in [0.4, 0.5) is 0 Å². The van der Waals surface area contributed by atoms with E-state index in [0.29, 0.717) is 19.0 Å². The summed E-state index contributed by atoms with van der Waals surface area (Å²) < 4.78 is 0. The van der Waals surface area contributed by atoms with Gasteiger partial charge in [0.1, 0.15) is 5.76 Å². The third kappa shape index (κ3) is 4.58. The van der Waals surface area contributed by atoms with E-state index in [1.807, 2.05) is 13.0 Å². The van der Waals surface area contributed by atoms with Crippen LogP contribution in [-0.4, -0.2) is 42.1 Å². The largest absolute Gasteiger partial charge is 0.507 e. The van der Waals surface area contributed by atoms with Crippen LogP contribution in [0.25, 0.3) is 5.57 Å². The number of carbonyl (C=O) groups is 1. The number of nitrogens with zero attached hydrogens (tertiary/aromatic N) is 2. The molecule has 4 heteroatoms. The minimum atomic E-state index is -0.198. The van der Waals surface area contributed by atoms with Gasteiger partial charge in [0, 0.05) is 31.1 Å². The molecular weight excluding hydrogens is 360 g/mol. The van der Waals surface area contributed by atoms with E-state index in [1.165, 1.54) is 18.7 Å². The number of Topliss-reactive ketones (excluding diaryl/α,β-unsaturated/α-hetero) is 1. The van der Waals surface area contributed by atoms with E-state index in [2.05, 4.69) is 48.6 Å². The van der Waals surface area contributed by atoms with Gasteiger partial charge in [0.25, 0.3) is 0 Å². The maximum absolute atomic E-state index is 12.0. The first-order valence-corrected chi connectivity index (χ1v) is 10.1. The van der Waals surface area contributed by atoms with Crippen LogP contribution in [0.1, 0.15) is 37.8 Å². The van der Waals surface area contributed by atoms with E-state index in [-0.39, 0.29) is 17.1 Å². The Kier molecular flexibility index (Phi) is 6.21. The van der Waals surface area contributed by atoms with Gasteiger partial charge >= 0.3 is 0 Å². The minimum Gasteiger partial charge on any atom is -0.507 e. The van der Waals surface area contributed by atoms with Crippen LogP contribution in [0.3, 0.4) is 0 Å². The molecule has 1 heterocycles. The Morgan fingerprint density at radius 3 is 2.55 bits per heavy atom. The summed E-state index contributed by atoms with van der Waals surface area (Å²) in [5, 5.41) is 10.6. The number of aliphatic hydroxyl groups excluding tert-OH is 1. The van der Waals surface area contributed by atoms with Gasteiger partial charge in [-0.2, -0.15) is 0 Å². The third-order valence-corrected chi connectivity index (χ3v) is 5.59. The second-order valence-corrected chi connectivity index (χ2v) is 7.98. The molecule has 0 spiro atoms. The zero-order valence-corrected chi connectivity index (χ0v) is 17.8. The molecule has 1 N–H and O–H groups in total. The molecule has 3 rings (SSSR count). The monoisotopic (exact) mass is 390 g/mol. The molecule has 1 fully saturated rings. The maximum Gasteiger partial charge on any atom is 0.165 e. The summed E-state index contributed by atoms with van der Waals surface area (Å²) in [7, 11) is 2.05. The lowest BCUT2D eigenvalue weighted by Gasteiger charge is -2.29. The van der Waals surface area contributed by atoms with Crippen molar-refractivity contribution in [2.45, 2.75) is 33.6 Å². The highest BCUT2D eigenvalue weighted by atomic mass is 16.3. The molecule has 0 amide bonds. The maximum atomic E-state index is 12.0. The van der Waals surface area contributed by atoms with Gasteiger partial charge in [-0.25, -0.2) is 0 Å². The Morgan fingerprint density at radius 1 is 1.24 bits per heavy atom. The Hall–Kier alpha value is -2.88. The van der Waals surface area contributed by atoms with Gasteiger partial charge in [0.05, 0.1) is 12.1 Å². The van der Waals surface area contributed by atoms with E-state index >= 15 is 0 Å². The van der Waals surface area contributed by atoms with Gasteiger partial charge in [-0.15, -0.1) is 0 Å². The minimum absolute atomic E-state index is 0.0484. The molecule has 1 aromatic rings. The van der Waals surface area contributed by atoms with Crippen LogP contribution in [0.5, 0.6) is 0 Å². The lowest BCUT2D eigenvalue weighted by atomic mass is 9.88. The predicted molar refractivity (Wildman–Crippen MR) is 120 cm³/mol. The number of likely N-dealkylation sites (N-methyl/N-ethyl adjacent to an activating group) is 1. The van der Waals surface area contributed by atoms with Crippen LogP contribution in [0.2, 0.25) is 0 Å².